The van der Waals surface area contributed by atoms with Crippen molar-refractivity contribution < 1.29 is 0 Å². The molecule has 8 heteroatoms. The summed E-state index contributed by atoms with van der Waals surface area (Å²) in [6.45, 7) is 0. The lowest BCUT2D eigenvalue weighted by Gasteiger charge is -2.12. The smallest absolute Gasteiger partial charge is 0.238 e. The molecule has 0 aliphatic rings. The van der Waals surface area contributed by atoms with Gasteiger partial charge in [-0.3, -0.25) is 9.13 Å². The van der Waals surface area contributed by atoms with Gasteiger partial charge in [-0.25, -0.2) is 9.97 Å². The third kappa shape index (κ3) is 6.00. The Bertz CT molecular complexity index is 3270. The molecule has 4 aromatic heterocycles. The van der Waals surface area contributed by atoms with E-state index in [0.29, 0.717) is 35.2 Å². The number of nitrogens with zero attached hydrogens (tertiary/aromatic N) is 8. The zero-order valence-electron chi connectivity index (χ0n) is 33.2. The van der Waals surface area contributed by atoms with Crippen LogP contribution < -0.4 is 0 Å². The molecule has 8 nitrogen and oxygen atoms in total. The molecule has 0 aliphatic carbocycles. The number of fused-ring (bicyclic) bond motifs is 6. The van der Waals surface area contributed by atoms with Crippen LogP contribution in [0.4, 0.5) is 0 Å². The van der Waals surface area contributed by atoms with Crippen molar-refractivity contribution in [2.45, 2.75) is 0 Å². The molecule has 0 saturated heterocycles. The molecular weight excluding hydrogens is 761 g/mol. The Balaban J connectivity index is 0.922. The molecule has 0 amide bonds. The molecule has 12 rings (SSSR count). The van der Waals surface area contributed by atoms with Crippen molar-refractivity contribution in [2.75, 3.05) is 0 Å². The van der Waals surface area contributed by atoms with E-state index >= 15 is 0 Å². The fourth-order valence-electron chi connectivity index (χ4n) is 8.52. The fraction of sp³-hybridized carbons (Fsp3) is 0. The van der Waals surface area contributed by atoms with Crippen molar-refractivity contribution in [3.8, 4) is 68.6 Å². The van der Waals surface area contributed by atoms with Gasteiger partial charge in [0.15, 0.2) is 23.3 Å². The van der Waals surface area contributed by atoms with Crippen LogP contribution in [0, 0.1) is 0 Å². The third-order valence-corrected chi connectivity index (χ3v) is 11.5. The summed E-state index contributed by atoms with van der Waals surface area (Å²) in [5.74, 6) is 3.56. The third-order valence-electron chi connectivity index (χ3n) is 11.5. The van der Waals surface area contributed by atoms with Crippen molar-refractivity contribution in [1.82, 2.24) is 39.0 Å². The van der Waals surface area contributed by atoms with E-state index < -0.39 is 0 Å². The van der Waals surface area contributed by atoms with E-state index in [1.807, 2.05) is 60.7 Å². The van der Waals surface area contributed by atoms with Crippen molar-refractivity contribution in [2.24, 2.45) is 0 Å². The first-order valence-corrected chi connectivity index (χ1v) is 20.5. The minimum atomic E-state index is 0.570. The minimum Gasteiger partial charge on any atom is -0.278 e. The molecule has 0 aliphatic heterocycles. The van der Waals surface area contributed by atoms with E-state index in [9.17, 15) is 0 Å². The average Bonchev–Trinajstić information content (AvgIpc) is 3.88. The quantitative estimate of drug-likeness (QED) is 0.160. The molecule has 0 unspecified atom stereocenters. The second-order valence-corrected chi connectivity index (χ2v) is 15.2. The summed E-state index contributed by atoms with van der Waals surface area (Å²) < 4.78 is 4.28. The first-order chi connectivity index (χ1) is 30.7. The Morgan fingerprint density at radius 2 is 0.452 bits per heavy atom. The molecule has 290 valence electrons. The molecule has 4 heterocycles. The van der Waals surface area contributed by atoms with Crippen LogP contribution in [0.5, 0.6) is 0 Å². The van der Waals surface area contributed by atoms with Gasteiger partial charge in [0.25, 0.3) is 0 Å². The normalized spacial score (nSPS) is 11.5. The largest absolute Gasteiger partial charge is 0.278 e. The van der Waals surface area contributed by atoms with E-state index in [1.165, 1.54) is 0 Å². The second kappa shape index (κ2) is 14.6. The van der Waals surface area contributed by atoms with E-state index in [0.717, 1.165) is 77.0 Å². The Morgan fingerprint density at radius 3 is 0.758 bits per heavy atom. The summed E-state index contributed by atoms with van der Waals surface area (Å²) >= 11 is 0. The topological polar surface area (TPSA) is 87.2 Å². The van der Waals surface area contributed by atoms with Gasteiger partial charge in [0.2, 0.25) is 11.9 Å². The van der Waals surface area contributed by atoms with Gasteiger partial charge < -0.3 is 0 Å². The number of para-hydroxylation sites is 4. The highest BCUT2D eigenvalue weighted by Gasteiger charge is 2.19. The summed E-state index contributed by atoms with van der Waals surface area (Å²) in [6.07, 6.45) is 0. The molecule has 0 fully saturated rings. The highest BCUT2D eigenvalue weighted by Crippen LogP contribution is 2.35. The van der Waals surface area contributed by atoms with Gasteiger partial charge in [-0.15, -0.1) is 0 Å². The molecule has 0 N–H and O–H groups in total. The van der Waals surface area contributed by atoms with Crippen LogP contribution in [-0.2, 0) is 0 Å². The molecule has 0 bridgehead atoms. The lowest BCUT2D eigenvalue weighted by molar-refractivity contribution is 0.953. The second-order valence-electron chi connectivity index (χ2n) is 15.2. The lowest BCUT2D eigenvalue weighted by atomic mass is 10.0. The number of hydrogen-bond donors (Lipinski definition) is 0. The van der Waals surface area contributed by atoms with Crippen LogP contribution >= 0.6 is 0 Å². The molecule has 62 heavy (non-hydrogen) atoms. The van der Waals surface area contributed by atoms with E-state index in [2.05, 4.69) is 155 Å². The van der Waals surface area contributed by atoms with Crippen LogP contribution in [-0.4, -0.2) is 39.0 Å². The van der Waals surface area contributed by atoms with Gasteiger partial charge >= 0.3 is 0 Å². The summed E-state index contributed by atoms with van der Waals surface area (Å²) in [7, 11) is 0. The highest BCUT2D eigenvalue weighted by molar-refractivity contribution is 6.10. The Hall–Kier alpha value is -8.62. The first-order valence-electron chi connectivity index (χ1n) is 20.5. The van der Waals surface area contributed by atoms with Crippen LogP contribution in [0.25, 0.3) is 112 Å². The number of hydrogen-bond acceptors (Lipinski definition) is 6. The minimum absolute atomic E-state index is 0.570. The van der Waals surface area contributed by atoms with Crippen LogP contribution in [0.3, 0.4) is 0 Å². The monoisotopic (exact) mass is 794 g/mol. The average molecular weight is 795 g/mol. The van der Waals surface area contributed by atoms with Crippen LogP contribution in [0.2, 0.25) is 0 Å². The maximum absolute atomic E-state index is 5.13. The number of benzene rings is 8. The van der Waals surface area contributed by atoms with Crippen molar-refractivity contribution in [3.63, 3.8) is 0 Å². The van der Waals surface area contributed by atoms with Crippen molar-refractivity contribution in [1.29, 1.82) is 0 Å². The van der Waals surface area contributed by atoms with E-state index in [-0.39, 0.29) is 0 Å². The number of aromatic nitrogens is 8. The van der Waals surface area contributed by atoms with Gasteiger partial charge in [0, 0.05) is 43.8 Å². The Kier molecular flexibility index (Phi) is 8.31. The van der Waals surface area contributed by atoms with E-state index in [1.54, 1.807) is 0 Å². The van der Waals surface area contributed by atoms with Crippen molar-refractivity contribution in [3.05, 3.63) is 206 Å². The fourth-order valence-corrected chi connectivity index (χ4v) is 8.52. The molecule has 0 saturated carbocycles. The van der Waals surface area contributed by atoms with E-state index in [4.69, 9.17) is 29.9 Å². The van der Waals surface area contributed by atoms with Gasteiger partial charge in [0.1, 0.15) is 0 Å². The predicted octanol–water partition coefficient (Wildman–Crippen LogP) is 12.6. The van der Waals surface area contributed by atoms with Crippen LogP contribution in [0.1, 0.15) is 0 Å². The molecule has 8 aromatic carbocycles. The highest BCUT2D eigenvalue weighted by atomic mass is 15.2. The van der Waals surface area contributed by atoms with Crippen molar-refractivity contribution >= 4 is 43.6 Å². The molecule has 0 atom stereocenters. The Labute approximate surface area is 356 Å². The summed E-state index contributed by atoms with van der Waals surface area (Å²) in [5.41, 5.74) is 9.92. The van der Waals surface area contributed by atoms with Gasteiger partial charge in [-0.1, -0.05) is 182 Å². The van der Waals surface area contributed by atoms with Crippen LogP contribution in [0.15, 0.2) is 206 Å². The molecule has 12 aromatic rings. The first kappa shape index (κ1) is 35.3. The van der Waals surface area contributed by atoms with Gasteiger partial charge in [0.05, 0.1) is 22.1 Å². The van der Waals surface area contributed by atoms with Gasteiger partial charge in [-0.2, -0.15) is 19.9 Å². The predicted molar refractivity (Wildman–Crippen MR) is 249 cm³/mol. The Morgan fingerprint density at radius 1 is 0.210 bits per heavy atom. The summed E-state index contributed by atoms with van der Waals surface area (Å²) in [6, 6.07) is 70.5. The summed E-state index contributed by atoms with van der Waals surface area (Å²) in [5, 5.41) is 4.60. The van der Waals surface area contributed by atoms with Gasteiger partial charge in [-0.05, 0) is 35.4 Å². The summed E-state index contributed by atoms with van der Waals surface area (Å²) in [4.78, 5) is 30.4. The lowest BCUT2D eigenvalue weighted by Crippen LogP contribution is -2.06. The maximum Gasteiger partial charge on any atom is 0.238 e. The molecule has 0 radical (unpaired) electrons. The molecule has 0 spiro atoms. The maximum atomic E-state index is 5.13. The number of rotatable bonds is 7. The zero-order chi connectivity index (χ0) is 41.0. The SMILES string of the molecule is c1ccc(-c2nc(-c3ccc(-c4ccc(-c5nc(-c6ccccc6)nc(-n6c7ccccc7c7ccccc76)n5)cc4)cc3)nc(-n3c4ccccc4c4ccccc43)n2)cc1. The molecular formula is C54H34N8. The standard InChI is InChI=1S/C54H34N8/c1-3-15-37(16-4-1)49-55-51(59-53(57-49)61-45-23-11-7-19-41(45)42-20-8-12-24-46(42)61)39-31-27-35(28-32-39)36-29-33-40(34-30-36)52-56-50(38-17-5-2-6-18-38)58-54(60-52)62-47-25-13-9-21-43(47)44-22-10-14-26-48(44)62/h1-34H. The zero-order valence-corrected chi connectivity index (χ0v) is 33.2.